The predicted octanol–water partition coefficient (Wildman–Crippen LogP) is 3.31. The van der Waals surface area contributed by atoms with Crippen LogP contribution < -0.4 is 0 Å². The van der Waals surface area contributed by atoms with Gasteiger partial charge in [0.1, 0.15) is 9.88 Å². The van der Waals surface area contributed by atoms with E-state index in [9.17, 15) is 9.59 Å². The third kappa shape index (κ3) is 4.00. The van der Waals surface area contributed by atoms with Crippen LogP contribution in [0.2, 0.25) is 0 Å². The van der Waals surface area contributed by atoms with Gasteiger partial charge in [-0.05, 0) is 25.8 Å². The second-order valence-corrected chi connectivity index (χ2v) is 6.76. The van der Waals surface area contributed by atoms with Crippen molar-refractivity contribution in [3.05, 3.63) is 40.4 Å². The fourth-order valence-corrected chi connectivity index (χ4v) is 3.18. The first-order valence-corrected chi connectivity index (χ1v) is 8.64. The number of carbonyl (C=O) groups is 2. The highest BCUT2D eigenvalue weighted by Gasteiger charge is 2.23. The lowest BCUT2D eigenvalue weighted by atomic mass is 10.1. The fourth-order valence-electron chi connectivity index (χ4n) is 2.22. The zero-order chi connectivity index (χ0) is 17.9. The number of thiazole rings is 1. The van der Waals surface area contributed by atoms with Crippen molar-refractivity contribution in [3.8, 4) is 10.6 Å². The second kappa shape index (κ2) is 7.57. The maximum Gasteiger partial charge on any atom is 0.351 e. The number of hydrogen-bond acceptors (Lipinski definition) is 5. The van der Waals surface area contributed by atoms with Crippen molar-refractivity contribution in [1.29, 1.82) is 0 Å². The first-order chi connectivity index (χ1) is 11.3. The lowest BCUT2D eigenvalue weighted by molar-refractivity contribution is -0.137. The van der Waals surface area contributed by atoms with Gasteiger partial charge in [0.2, 0.25) is 0 Å². The van der Waals surface area contributed by atoms with E-state index in [4.69, 9.17) is 4.74 Å². The fraction of sp³-hybridized carbons (Fsp3) is 0.389. The van der Waals surface area contributed by atoms with Crippen LogP contribution in [0.25, 0.3) is 10.6 Å². The number of likely N-dealkylation sites (N-methyl/N-ethyl adjacent to an activating group) is 1. The van der Waals surface area contributed by atoms with Crippen LogP contribution in [0, 0.1) is 6.92 Å². The Balaban J connectivity index is 2.18. The summed E-state index contributed by atoms with van der Waals surface area (Å²) in [5.74, 6) is -0.759. The minimum atomic E-state index is -0.818. The monoisotopic (exact) mass is 346 g/mol. The molecule has 0 N–H and O–H groups in total. The molecule has 0 unspecified atom stereocenters. The van der Waals surface area contributed by atoms with Crippen LogP contribution in [0.15, 0.2) is 24.3 Å². The molecule has 128 valence electrons. The number of nitrogens with zero attached hydrogens (tertiary/aromatic N) is 2. The molecule has 5 nitrogen and oxygen atoms in total. The Kier molecular flexibility index (Phi) is 5.72. The van der Waals surface area contributed by atoms with Crippen molar-refractivity contribution in [2.75, 3.05) is 14.1 Å². The number of carbonyl (C=O) groups excluding carboxylic acids is 2. The largest absolute Gasteiger partial charge is 0.448 e. The molecule has 1 aromatic heterocycles. The van der Waals surface area contributed by atoms with Crippen molar-refractivity contribution in [3.63, 3.8) is 0 Å². The zero-order valence-electron chi connectivity index (χ0n) is 14.6. The number of ether oxygens (including phenoxy) is 1. The van der Waals surface area contributed by atoms with E-state index in [-0.39, 0.29) is 5.91 Å². The Labute approximate surface area is 146 Å². The van der Waals surface area contributed by atoms with E-state index in [0.717, 1.165) is 17.0 Å². The second-order valence-electron chi connectivity index (χ2n) is 5.76. The van der Waals surface area contributed by atoms with Crippen molar-refractivity contribution in [2.45, 2.75) is 33.3 Å². The number of amides is 1. The molecule has 0 fully saturated rings. The molecule has 1 aromatic carbocycles. The van der Waals surface area contributed by atoms with Gasteiger partial charge in [-0.3, -0.25) is 4.79 Å². The van der Waals surface area contributed by atoms with Crippen molar-refractivity contribution >= 4 is 23.2 Å². The first-order valence-electron chi connectivity index (χ1n) is 7.82. The highest BCUT2D eigenvalue weighted by Crippen LogP contribution is 2.29. The average molecular weight is 346 g/mol. The molecule has 6 heteroatoms. The van der Waals surface area contributed by atoms with Crippen molar-refractivity contribution in [2.24, 2.45) is 0 Å². The van der Waals surface area contributed by atoms with Crippen LogP contribution in [-0.2, 0) is 16.0 Å². The molecule has 0 radical (unpaired) electrons. The van der Waals surface area contributed by atoms with Crippen LogP contribution in [0.3, 0.4) is 0 Å². The zero-order valence-corrected chi connectivity index (χ0v) is 15.4. The number of aryl methyl sites for hydroxylation is 2. The summed E-state index contributed by atoms with van der Waals surface area (Å²) in [5, 5.41) is 0.772. The summed E-state index contributed by atoms with van der Waals surface area (Å²) in [4.78, 5) is 30.4. The standard InChI is InChI=1S/C18H22N2O3S/c1-6-13-7-9-14(10-8-13)16-19-11(2)15(24-16)18(22)23-12(3)17(21)20(4)5/h7-10,12H,6H2,1-5H3/t12-/m1/s1. The number of hydrogen-bond donors (Lipinski definition) is 0. The van der Waals surface area contributed by atoms with E-state index in [1.54, 1.807) is 27.9 Å². The van der Waals surface area contributed by atoms with Gasteiger partial charge in [-0.1, -0.05) is 31.2 Å². The lowest BCUT2D eigenvalue weighted by Crippen LogP contribution is -2.34. The molecule has 24 heavy (non-hydrogen) atoms. The smallest absolute Gasteiger partial charge is 0.351 e. The Morgan fingerprint density at radius 2 is 1.88 bits per heavy atom. The van der Waals surface area contributed by atoms with E-state index < -0.39 is 12.1 Å². The molecular weight excluding hydrogens is 324 g/mol. The van der Waals surface area contributed by atoms with Gasteiger partial charge in [-0.15, -0.1) is 11.3 Å². The number of aromatic nitrogens is 1. The summed E-state index contributed by atoms with van der Waals surface area (Å²) in [6, 6.07) is 8.12. The third-order valence-corrected chi connectivity index (χ3v) is 4.85. The topological polar surface area (TPSA) is 59.5 Å². The Morgan fingerprint density at radius 3 is 2.42 bits per heavy atom. The molecular formula is C18H22N2O3S. The predicted molar refractivity (Wildman–Crippen MR) is 95.2 cm³/mol. The maximum atomic E-state index is 12.3. The van der Waals surface area contributed by atoms with E-state index in [1.807, 2.05) is 12.1 Å². The molecule has 0 saturated carbocycles. The molecule has 0 spiro atoms. The lowest BCUT2D eigenvalue weighted by Gasteiger charge is -2.16. The maximum absolute atomic E-state index is 12.3. The summed E-state index contributed by atoms with van der Waals surface area (Å²) in [7, 11) is 3.26. The van der Waals surface area contributed by atoms with Gasteiger partial charge in [-0.2, -0.15) is 0 Å². The van der Waals surface area contributed by atoms with E-state index >= 15 is 0 Å². The molecule has 0 aliphatic carbocycles. The van der Waals surface area contributed by atoms with Crippen molar-refractivity contribution in [1.82, 2.24) is 9.88 Å². The molecule has 0 saturated heterocycles. The van der Waals surface area contributed by atoms with Crippen LogP contribution >= 0.6 is 11.3 Å². The van der Waals surface area contributed by atoms with Crippen LogP contribution in [-0.4, -0.2) is 42.0 Å². The SMILES string of the molecule is CCc1ccc(-c2nc(C)c(C(=O)O[C@H](C)C(=O)N(C)C)s2)cc1. The summed E-state index contributed by atoms with van der Waals surface area (Å²) < 4.78 is 5.27. The first kappa shape index (κ1) is 18.1. The molecule has 0 aliphatic heterocycles. The highest BCUT2D eigenvalue weighted by molar-refractivity contribution is 7.17. The van der Waals surface area contributed by atoms with Crippen LogP contribution in [0.1, 0.15) is 34.8 Å². The van der Waals surface area contributed by atoms with Gasteiger partial charge in [0.25, 0.3) is 5.91 Å². The third-order valence-electron chi connectivity index (χ3n) is 3.66. The minimum absolute atomic E-state index is 0.249. The molecule has 2 rings (SSSR count). The van der Waals surface area contributed by atoms with E-state index in [1.165, 1.54) is 21.8 Å². The van der Waals surface area contributed by atoms with Gasteiger partial charge >= 0.3 is 5.97 Å². The quantitative estimate of drug-likeness (QED) is 0.779. The van der Waals surface area contributed by atoms with Gasteiger partial charge < -0.3 is 9.64 Å². The molecule has 1 amide bonds. The molecule has 2 aromatic rings. The number of esters is 1. The average Bonchev–Trinajstić information content (AvgIpc) is 2.95. The van der Waals surface area contributed by atoms with Crippen LogP contribution in [0.4, 0.5) is 0 Å². The molecule has 1 atom stereocenters. The number of rotatable bonds is 5. The normalized spacial score (nSPS) is 11.9. The van der Waals surface area contributed by atoms with E-state index in [0.29, 0.717) is 10.6 Å². The minimum Gasteiger partial charge on any atom is -0.448 e. The van der Waals surface area contributed by atoms with Gasteiger partial charge in [0, 0.05) is 19.7 Å². The Bertz CT molecular complexity index is 735. The molecule has 0 aliphatic rings. The van der Waals surface area contributed by atoms with Gasteiger partial charge in [0.05, 0.1) is 5.69 Å². The highest BCUT2D eigenvalue weighted by atomic mass is 32.1. The summed E-state index contributed by atoms with van der Waals surface area (Å²) in [5.41, 5.74) is 2.84. The molecule has 1 heterocycles. The summed E-state index contributed by atoms with van der Waals surface area (Å²) in [6.07, 6.45) is 0.160. The Hall–Kier alpha value is -2.21. The van der Waals surface area contributed by atoms with Crippen molar-refractivity contribution < 1.29 is 14.3 Å². The van der Waals surface area contributed by atoms with Gasteiger partial charge in [-0.25, -0.2) is 9.78 Å². The summed E-state index contributed by atoms with van der Waals surface area (Å²) in [6.45, 7) is 5.45. The number of benzene rings is 1. The van der Waals surface area contributed by atoms with Crippen LogP contribution in [0.5, 0.6) is 0 Å². The molecule has 0 bridgehead atoms. The van der Waals surface area contributed by atoms with Gasteiger partial charge in [0.15, 0.2) is 6.10 Å². The van der Waals surface area contributed by atoms with E-state index in [2.05, 4.69) is 24.0 Å². The Morgan fingerprint density at radius 1 is 1.25 bits per heavy atom. The summed E-state index contributed by atoms with van der Waals surface area (Å²) >= 11 is 1.29.